The van der Waals surface area contributed by atoms with Crippen LogP contribution in [0.1, 0.15) is 21.5 Å². The lowest BCUT2D eigenvalue weighted by molar-refractivity contribution is -0.137. The van der Waals surface area contributed by atoms with Gasteiger partial charge in [0.1, 0.15) is 0 Å². The van der Waals surface area contributed by atoms with Gasteiger partial charge in [-0.25, -0.2) is 0 Å². The molecule has 2 rings (SSSR count). The number of nitrogens with two attached hydrogens (primary N) is 1. The first-order valence-electron chi connectivity index (χ1n) is 6.02. The Hall–Kier alpha value is -1.82. The Labute approximate surface area is 127 Å². The second-order valence-corrected chi connectivity index (χ2v) is 5.44. The third kappa shape index (κ3) is 3.85. The van der Waals surface area contributed by atoms with E-state index in [4.69, 9.17) is 5.73 Å². The molecule has 0 unspecified atom stereocenters. The lowest BCUT2D eigenvalue weighted by Crippen LogP contribution is -2.08. The molecule has 0 aromatic heterocycles. The highest BCUT2D eigenvalue weighted by Gasteiger charge is 2.30. The van der Waals surface area contributed by atoms with E-state index in [9.17, 15) is 18.0 Å². The van der Waals surface area contributed by atoms with Gasteiger partial charge < -0.3 is 5.73 Å². The summed E-state index contributed by atoms with van der Waals surface area (Å²) in [4.78, 5) is 12.1. The van der Waals surface area contributed by atoms with Crippen molar-refractivity contribution in [2.24, 2.45) is 0 Å². The molecule has 0 aliphatic carbocycles. The Kier molecular flexibility index (Phi) is 4.37. The third-order valence-corrected chi connectivity index (χ3v) is 3.45. The minimum absolute atomic E-state index is 0.00120. The summed E-state index contributed by atoms with van der Waals surface area (Å²) in [5.41, 5.74) is 6.20. The highest BCUT2D eigenvalue weighted by Crippen LogP contribution is 2.29. The Morgan fingerprint density at radius 2 is 1.71 bits per heavy atom. The van der Waals surface area contributed by atoms with Gasteiger partial charge >= 0.3 is 6.18 Å². The second-order valence-electron chi connectivity index (χ2n) is 4.53. The number of carbonyl (C=O) groups is 1. The van der Waals surface area contributed by atoms with E-state index >= 15 is 0 Å². The fourth-order valence-corrected chi connectivity index (χ4v) is 2.22. The quantitative estimate of drug-likeness (QED) is 0.650. The molecule has 2 aromatic carbocycles. The van der Waals surface area contributed by atoms with Crippen molar-refractivity contribution in [1.82, 2.24) is 0 Å². The molecule has 0 saturated heterocycles. The number of hydrogen-bond donors (Lipinski definition) is 1. The highest BCUT2D eigenvalue weighted by atomic mass is 79.9. The highest BCUT2D eigenvalue weighted by molar-refractivity contribution is 9.10. The van der Waals surface area contributed by atoms with Crippen molar-refractivity contribution in [2.45, 2.75) is 12.6 Å². The van der Waals surface area contributed by atoms with E-state index in [2.05, 4.69) is 15.9 Å². The molecule has 0 atom stereocenters. The summed E-state index contributed by atoms with van der Waals surface area (Å²) in [6, 6.07) is 9.44. The summed E-state index contributed by atoms with van der Waals surface area (Å²) >= 11 is 3.25. The van der Waals surface area contributed by atoms with Gasteiger partial charge in [0.2, 0.25) is 0 Å². The predicted molar refractivity (Wildman–Crippen MR) is 78.0 cm³/mol. The summed E-state index contributed by atoms with van der Waals surface area (Å²) in [5.74, 6) is -0.242. The Balaban J connectivity index is 2.18. The van der Waals surface area contributed by atoms with Crippen molar-refractivity contribution in [3.05, 3.63) is 63.6 Å². The summed E-state index contributed by atoms with van der Waals surface area (Å²) in [6.45, 7) is 0. The van der Waals surface area contributed by atoms with E-state index in [1.165, 1.54) is 12.1 Å². The molecule has 0 saturated carbocycles. The second kappa shape index (κ2) is 5.89. The van der Waals surface area contributed by atoms with Crippen LogP contribution in [0.15, 0.2) is 46.9 Å². The molecule has 2 N–H and O–H groups in total. The number of ketones is 1. The largest absolute Gasteiger partial charge is 0.416 e. The molecule has 0 radical (unpaired) electrons. The normalized spacial score (nSPS) is 11.4. The first-order chi connectivity index (χ1) is 9.77. The van der Waals surface area contributed by atoms with Gasteiger partial charge in [0.05, 0.1) is 5.56 Å². The molecule has 6 heteroatoms. The molecular formula is C15H11BrF3NO. The Morgan fingerprint density at radius 3 is 2.29 bits per heavy atom. The van der Waals surface area contributed by atoms with Crippen LogP contribution in [0.25, 0.3) is 0 Å². The number of Topliss-reactive ketones (excluding diaryl/α,β-unsaturated/α-hetero) is 1. The van der Waals surface area contributed by atoms with Crippen molar-refractivity contribution in [1.29, 1.82) is 0 Å². The summed E-state index contributed by atoms with van der Waals surface area (Å²) < 4.78 is 38.1. The molecule has 0 fully saturated rings. The topological polar surface area (TPSA) is 43.1 Å². The van der Waals surface area contributed by atoms with E-state index < -0.39 is 11.7 Å². The van der Waals surface area contributed by atoms with Gasteiger partial charge in [-0.3, -0.25) is 4.79 Å². The van der Waals surface area contributed by atoms with E-state index in [0.717, 1.165) is 12.1 Å². The van der Waals surface area contributed by atoms with E-state index in [-0.39, 0.29) is 12.2 Å². The number of hydrogen-bond acceptors (Lipinski definition) is 2. The SMILES string of the molecule is Nc1ccc(Br)cc1C(=O)Cc1ccc(C(F)(F)F)cc1. The molecule has 0 amide bonds. The summed E-state index contributed by atoms with van der Waals surface area (Å²) in [7, 11) is 0. The van der Waals surface area contributed by atoms with Crippen molar-refractivity contribution in [3.8, 4) is 0 Å². The fraction of sp³-hybridized carbons (Fsp3) is 0.133. The molecule has 21 heavy (non-hydrogen) atoms. The zero-order chi connectivity index (χ0) is 15.6. The molecule has 0 spiro atoms. The van der Waals surface area contributed by atoms with Crippen LogP contribution in [-0.2, 0) is 12.6 Å². The molecule has 2 nitrogen and oxygen atoms in total. The number of halogens is 4. The van der Waals surface area contributed by atoms with Gasteiger partial charge in [-0.2, -0.15) is 13.2 Å². The maximum Gasteiger partial charge on any atom is 0.416 e. The number of carbonyl (C=O) groups excluding carboxylic acids is 1. The van der Waals surface area contributed by atoms with Crippen LogP contribution in [0, 0.1) is 0 Å². The van der Waals surface area contributed by atoms with Crippen LogP contribution in [0.4, 0.5) is 18.9 Å². The van der Waals surface area contributed by atoms with Gasteiger partial charge in [-0.1, -0.05) is 28.1 Å². The number of nitrogen functional groups attached to an aromatic ring is 1. The third-order valence-electron chi connectivity index (χ3n) is 2.96. The Morgan fingerprint density at radius 1 is 1.10 bits per heavy atom. The molecule has 110 valence electrons. The number of rotatable bonds is 3. The average Bonchev–Trinajstić information content (AvgIpc) is 2.41. The van der Waals surface area contributed by atoms with Crippen LogP contribution >= 0.6 is 15.9 Å². The number of anilines is 1. The predicted octanol–water partition coefficient (Wildman–Crippen LogP) is 4.48. The lowest BCUT2D eigenvalue weighted by atomic mass is 10.0. The van der Waals surface area contributed by atoms with Crippen LogP contribution in [0.5, 0.6) is 0 Å². The first-order valence-corrected chi connectivity index (χ1v) is 6.81. The Bertz CT molecular complexity index is 666. The monoisotopic (exact) mass is 357 g/mol. The van der Waals surface area contributed by atoms with E-state index in [1.807, 2.05) is 0 Å². The first kappa shape index (κ1) is 15.6. The molecule has 2 aromatic rings. The van der Waals surface area contributed by atoms with Crippen molar-refractivity contribution >= 4 is 27.4 Å². The molecule has 0 aliphatic rings. The maximum absolute atomic E-state index is 12.5. The van der Waals surface area contributed by atoms with E-state index in [1.54, 1.807) is 18.2 Å². The lowest BCUT2D eigenvalue weighted by Gasteiger charge is -2.08. The van der Waals surface area contributed by atoms with Crippen LogP contribution < -0.4 is 5.73 Å². The smallest absolute Gasteiger partial charge is 0.398 e. The summed E-state index contributed by atoms with van der Waals surface area (Å²) in [5, 5.41) is 0. The molecule has 0 bridgehead atoms. The fourth-order valence-electron chi connectivity index (χ4n) is 1.86. The molecular weight excluding hydrogens is 347 g/mol. The van der Waals surface area contributed by atoms with Crippen molar-refractivity contribution < 1.29 is 18.0 Å². The van der Waals surface area contributed by atoms with Crippen molar-refractivity contribution in [3.63, 3.8) is 0 Å². The maximum atomic E-state index is 12.5. The minimum Gasteiger partial charge on any atom is -0.398 e. The minimum atomic E-state index is -4.38. The zero-order valence-electron chi connectivity index (χ0n) is 10.7. The van der Waals surface area contributed by atoms with Gasteiger partial charge in [-0.05, 0) is 35.9 Å². The van der Waals surface area contributed by atoms with Gasteiger partial charge in [0, 0.05) is 22.1 Å². The number of benzene rings is 2. The van der Waals surface area contributed by atoms with Crippen LogP contribution in [-0.4, -0.2) is 5.78 Å². The summed E-state index contributed by atoms with van der Waals surface area (Å²) in [6.07, 6.45) is -4.38. The van der Waals surface area contributed by atoms with Crippen LogP contribution in [0.2, 0.25) is 0 Å². The van der Waals surface area contributed by atoms with Gasteiger partial charge in [-0.15, -0.1) is 0 Å². The molecule has 0 heterocycles. The standard InChI is InChI=1S/C15H11BrF3NO/c16-11-5-6-13(20)12(8-11)14(21)7-9-1-3-10(4-2-9)15(17,18)19/h1-6,8H,7,20H2. The van der Waals surface area contributed by atoms with Crippen LogP contribution in [0.3, 0.4) is 0 Å². The molecule has 0 aliphatic heterocycles. The average molecular weight is 358 g/mol. The van der Waals surface area contributed by atoms with Crippen molar-refractivity contribution in [2.75, 3.05) is 5.73 Å². The van der Waals surface area contributed by atoms with Gasteiger partial charge in [0.25, 0.3) is 0 Å². The van der Waals surface area contributed by atoms with Gasteiger partial charge in [0.15, 0.2) is 5.78 Å². The zero-order valence-corrected chi connectivity index (χ0v) is 12.3. The number of alkyl halides is 3. The van der Waals surface area contributed by atoms with E-state index in [0.29, 0.717) is 21.3 Å².